The van der Waals surface area contributed by atoms with Gasteiger partial charge in [0.15, 0.2) is 0 Å². The summed E-state index contributed by atoms with van der Waals surface area (Å²) in [5.74, 6) is -0.539. The molecule has 49 heavy (non-hydrogen) atoms. The summed E-state index contributed by atoms with van der Waals surface area (Å²) in [5.41, 5.74) is 5.11. The number of nitrogens with zero attached hydrogens (tertiary/aromatic N) is 2. The summed E-state index contributed by atoms with van der Waals surface area (Å²) in [6.07, 6.45) is 8.37. The maximum absolute atomic E-state index is 14.2. The van der Waals surface area contributed by atoms with Crippen molar-refractivity contribution in [2.45, 2.75) is 94.2 Å². The van der Waals surface area contributed by atoms with Gasteiger partial charge in [0.1, 0.15) is 29.2 Å². The molecule has 1 saturated heterocycles. The number of carbonyl (C=O) groups excluding carboxylic acids is 3. The van der Waals surface area contributed by atoms with Gasteiger partial charge in [-0.15, -0.1) is 0 Å². The average Bonchev–Trinajstić information content (AvgIpc) is 3.95. The predicted molar refractivity (Wildman–Crippen MR) is 182 cm³/mol. The molecule has 4 aliphatic rings. The summed E-state index contributed by atoms with van der Waals surface area (Å²) in [4.78, 5) is 47.9. The van der Waals surface area contributed by atoms with E-state index in [2.05, 4.69) is 21.9 Å². The van der Waals surface area contributed by atoms with Crippen LogP contribution in [0.25, 0.3) is 10.8 Å². The van der Waals surface area contributed by atoms with Crippen molar-refractivity contribution >= 4 is 38.5 Å². The van der Waals surface area contributed by atoms with E-state index >= 15 is 0 Å². The number of amides is 3. The smallest absolute Gasteiger partial charge is 0.259 e. The molecule has 2 saturated carbocycles. The number of ether oxygens (including phenoxy) is 3. The summed E-state index contributed by atoms with van der Waals surface area (Å²) >= 11 is 0. The van der Waals surface area contributed by atoms with Gasteiger partial charge < -0.3 is 30.2 Å². The molecule has 0 unspecified atom stereocenters. The molecule has 3 amide bonds. The third-order valence-corrected chi connectivity index (χ3v) is 13.0. The molecule has 3 fully saturated rings. The molecular formula is C35H47N5O8S. The van der Waals surface area contributed by atoms with Crippen LogP contribution in [0, 0.1) is 17.8 Å². The molecule has 14 heteroatoms. The third-order valence-electron chi connectivity index (χ3n) is 10.8. The second-order valence-corrected chi connectivity index (χ2v) is 16.7. The molecule has 2 aliphatic carbocycles. The Kier molecular flexibility index (Phi) is 9.33. The van der Waals surface area contributed by atoms with E-state index in [0.29, 0.717) is 41.0 Å². The minimum Gasteiger partial charge on any atom is -0.497 e. The van der Waals surface area contributed by atoms with Crippen LogP contribution >= 0.6 is 0 Å². The minimum atomic E-state index is -3.95. The first-order valence-corrected chi connectivity index (χ1v) is 18.5. The van der Waals surface area contributed by atoms with Crippen molar-refractivity contribution < 1.29 is 37.0 Å². The lowest BCUT2D eigenvalue weighted by Crippen LogP contribution is -2.58. The summed E-state index contributed by atoms with van der Waals surface area (Å²) in [7, 11) is -0.834. The Hall–Kier alpha value is -3.91. The van der Waals surface area contributed by atoms with Gasteiger partial charge in [0.2, 0.25) is 27.7 Å². The molecule has 3 heterocycles. The lowest BCUT2D eigenvalue weighted by atomic mass is 9.88. The lowest BCUT2D eigenvalue weighted by Gasteiger charge is -2.30. The van der Waals surface area contributed by atoms with E-state index in [-0.39, 0.29) is 37.1 Å². The molecule has 6 rings (SSSR count). The first-order chi connectivity index (χ1) is 23.2. The maximum atomic E-state index is 14.2. The molecule has 0 bridgehead atoms. The Balaban J connectivity index is 1.31. The number of rotatable bonds is 7. The molecule has 266 valence electrons. The van der Waals surface area contributed by atoms with Crippen LogP contribution in [0.4, 0.5) is 0 Å². The van der Waals surface area contributed by atoms with Gasteiger partial charge in [-0.2, -0.15) is 0 Å². The number of pyridine rings is 1. The van der Waals surface area contributed by atoms with Gasteiger partial charge in [-0.05, 0) is 75.5 Å². The van der Waals surface area contributed by atoms with Crippen molar-refractivity contribution in [3.8, 4) is 17.4 Å². The summed E-state index contributed by atoms with van der Waals surface area (Å²) in [6, 6.07) is 3.52. The second-order valence-electron chi connectivity index (χ2n) is 14.5. The van der Waals surface area contributed by atoms with Gasteiger partial charge >= 0.3 is 0 Å². The highest BCUT2D eigenvalue weighted by Gasteiger charge is 2.63. The Labute approximate surface area is 287 Å². The molecule has 2 aromatic rings. The SMILES string of the molecule is COc1ccc2c(O[C@@H]3C[C@H]4C(=O)N[C@]5(C(=O)NS(=O)(=O)C6(C)CC6)C[C@@H]5/C=C\CC[C@@H](C)C[C@@H](C)[C@H](N)C(=O)N4C3)ncc(OC)c2c1. The zero-order valence-corrected chi connectivity index (χ0v) is 29.5. The van der Waals surface area contributed by atoms with Crippen molar-refractivity contribution in [2.75, 3.05) is 20.8 Å². The highest BCUT2D eigenvalue weighted by Crippen LogP contribution is 2.47. The van der Waals surface area contributed by atoms with Crippen LogP contribution in [0.3, 0.4) is 0 Å². The Morgan fingerprint density at radius 2 is 1.88 bits per heavy atom. The first-order valence-electron chi connectivity index (χ1n) is 17.0. The van der Waals surface area contributed by atoms with Gasteiger partial charge in [0.05, 0.1) is 37.8 Å². The normalized spacial score (nSPS) is 32.1. The number of aromatic nitrogens is 1. The molecule has 1 aromatic carbocycles. The van der Waals surface area contributed by atoms with Crippen molar-refractivity contribution in [3.63, 3.8) is 0 Å². The molecule has 0 spiro atoms. The van der Waals surface area contributed by atoms with Crippen LogP contribution in [-0.4, -0.2) is 85.3 Å². The second kappa shape index (κ2) is 13.1. The molecule has 4 N–H and O–H groups in total. The Morgan fingerprint density at radius 3 is 2.57 bits per heavy atom. The summed E-state index contributed by atoms with van der Waals surface area (Å²) < 4.78 is 44.7. The third kappa shape index (κ3) is 6.69. The topological polar surface area (TPSA) is 179 Å². The van der Waals surface area contributed by atoms with Crippen molar-refractivity contribution in [1.82, 2.24) is 19.9 Å². The monoisotopic (exact) mass is 697 g/mol. The highest BCUT2D eigenvalue weighted by molar-refractivity contribution is 7.91. The van der Waals surface area contributed by atoms with Crippen LogP contribution in [0.2, 0.25) is 0 Å². The number of fused-ring (bicyclic) bond motifs is 3. The van der Waals surface area contributed by atoms with E-state index in [4.69, 9.17) is 19.9 Å². The van der Waals surface area contributed by atoms with E-state index in [9.17, 15) is 22.8 Å². The molecule has 7 atom stereocenters. The standard InChI is InChI=1S/C35H47N5O8S/c1-20-8-6-7-9-22-17-35(22,33(43)39-49(44,45)34(3)12-13-34)38-30(41)27-16-24(19-40(27)32(42)29(36)21(2)14-20)48-31-25-11-10-23(46-4)15-26(25)28(47-5)18-37-31/h7,9-11,15,18,20-22,24,27,29H,6,8,12-14,16-17,19,36H2,1-5H3,(H,38,41)(H,39,43)/b9-7-/t20-,21-,22+,24-,27+,29+,35-/m1/s1. The fourth-order valence-electron chi connectivity index (χ4n) is 7.13. The van der Waals surface area contributed by atoms with Crippen molar-refractivity contribution in [3.05, 3.63) is 36.5 Å². The predicted octanol–water partition coefficient (Wildman–Crippen LogP) is 2.81. The van der Waals surface area contributed by atoms with Gasteiger partial charge in [0, 0.05) is 23.1 Å². The minimum absolute atomic E-state index is 0.0630. The zero-order chi connectivity index (χ0) is 35.3. The van der Waals surface area contributed by atoms with E-state index < -0.39 is 56.2 Å². The van der Waals surface area contributed by atoms with Gasteiger partial charge in [0.25, 0.3) is 5.91 Å². The fourth-order valence-corrected chi connectivity index (χ4v) is 8.44. The largest absolute Gasteiger partial charge is 0.497 e. The Bertz CT molecular complexity index is 1780. The molecule has 13 nitrogen and oxygen atoms in total. The molecule has 2 aliphatic heterocycles. The number of allylic oxidation sites excluding steroid dienone is 1. The van der Waals surface area contributed by atoms with E-state index in [1.807, 2.05) is 31.2 Å². The first kappa shape index (κ1) is 34.9. The number of benzene rings is 1. The molecular weight excluding hydrogens is 650 g/mol. The number of sulfonamides is 1. The number of methoxy groups -OCH3 is 2. The zero-order valence-electron chi connectivity index (χ0n) is 28.7. The highest BCUT2D eigenvalue weighted by atomic mass is 32.2. The average molecular weight is 698 g/mol. The van der Waals surface area contributed by atoms with Crippen LogP contribution < -0.4 is 30.0 Å². The summed E-state index contributed by atoms with van der Waals surface area (Å²) in [5, 5.41) is 4.27. The van der Waals surface area contributed by atoms with Crippen LogP contribution in [-0.2, 0) is 24.4 Å². The van der Waals surface area contributed by atoms with Gasteiger partial charge in [-0.3, -0.25) is 19.1 Å². The summed E-state index contributed by atoms with van der Waals surface area (Å²) in [6.45, 7) is 5.73. The van der Waals surface area contributed by atoms with E-state index in [0.717, 1.165) is 19.3 Å². The van der Waals surface area contributed by atoms with Crippen molar-refractivity contribution in [1.29, 1.82) is 0 Å². The van der Waals surface area contributed by atoms with E-state index in [1.165, 1.54) is 4.90 Å². The van der Waals surface area contributed by atoms with Crippen molar-refractivity contribution in [2.24, 2.45) is 23.5 Å². The lowest BCUT2D eigenvalue weighted by molar-refractivity contribution is -0.141. The van der Waals surface area contributed by atoms with Crippen LogP contribution in [0.15, 0.2) is 36.5 Å². The van der Waals surface area contributed by atoms with Gasteiger partial charge in [-0.25, -0.2) is 13.4 Å². The molecule has 0 radical (unpaired) electrons. The van der Waals surface area contributed by atoms with Crippen LogP contribution in [0.1, 0.15) is 65.7 Å². The van der Waals surface area contributed by atoms with Crippen LogP contribution in [0.5, 0.6) is 17.4 Å². The van der Waals surface area contributed by atoms with Gasteiger partial charge in [-0.1, -0.05) is 26.0 Å². The van der Waals surface area contributed by atoms with E-state index in [1.54, 1.807) is 33.4 Å². The maximum Gasteiger partial charge on any atom is 0.259 e. The fraction of sp³-hybridized carbons (Fsp3) is 0.600. The number of carbonyl (C=O) groups is 3. The number of nitrogens with one attached hydrogen (secondary N) is 2. The number of nitrogens with two attached hydrogens (primary N) is 1. The number of hydrogen-bond donors (Lipinski definition) is 3. The number of hydrogen-bond acceptors (Lipinski definition) is 10. The Morgan fingerprint density at radius 1 is 1.12 bits per heavy atom. The quantitative estimate of drug-likeness (QED) is 0.365. The molecule has 1 aromatic heterocycles.